The first-order chi connectivity index (χ1) is 12.9. The zero-order valence-corrected chi connectivity index (χ0v) is 16.1. The summed E-state index contributed by atoms with van der Waals surface area (Å²) in [6, 6.07) is 15.7. The summed E-state index contributed by atoms with van der Waals surface area (Å²) in [5, 5.41) is 3.99. The monoisotopic (exact) mass is 360 g/mol. The Hall–Kier alpha value is -3.14. The molecular formula is C23H24N2O2. The van der Waals surface area contributed by atoms with Crippen LogP contribution in [0.3, 0.4) is 0 Å². The van der Waals surface area contributed by atoms with Gasteiger partial charge >= 0.3 is 0 Å². The van der Waals surface area contributed by atoms with Gasteiger partial charge in [0.1, 0.15) is 5.75 Å². The molecule has 0 fully saturated rings. The van der Waals surface area contributed by atoms with Gasteiger partial charge in [-0.2, -0.15) is 0 Å². The molecule has 1 heterocycles. The molecule has 0 bridgehead atoms. The molecule has 0 radical (unpaired) electrons. The minimum atomic E-state index is -0.464. The first kappa shape index (κ1) is 18.6. The lowest BCUT2D eigenvalue weighted by Gasteiger charge is -2.18. The highest BCUT2D eigenvalue weighted by Crippen LogP contribution is 2.28. The number of fused-ring (bicyclic) bond motifs is 1. The van der Waals surface area contributed by atoms with Gasteiger partial charge in [0.25, 0.3) is 0 Å². The van der Waals surface area contributed by atoms with E-state index in [9.17, 15) is 4.79 Å². The van der Waals surface area contributed by atoms with Crippen molar-refractivity contribution < 1.29 is 9.53 Å². The second-order valence-electron chi connectivity index (χ2n) is 7.41. The number of ether oxygens (including phenoxy) is 1. The standard InChI is InChI=1S/C23H24N2O2/c1-23(2,3)22(26)25-20-14-11-17(19-6-5-15-24-21(19)20)10-7-16-8-12-18(27-4)13-9-16/h5-15H,1-4H3,(H,25,26). The van der Waals surface area contributed by atoms with Crippen LogP contribution in [0.2, 0.25) is 0 Å². The fourth-order valence-corrected chi connectivity index (χ4v) is 2.65. The van der Waals surface area contributed by atoms with Crippen LogP contribution in [0.4, 0.5) is 5.69 Å². The van der Waals surface area contributed by atoms with Crippen LogP contribution >= 0.6 is 0 Å². The SMILES string of the molecule is COc1ccc(C=Cc2ccc(NC(=O)C(C)(C)C)c3ncccc23)cc1. The second kappa shape index (κ2) is 7.62. The second-order valence-corrected chi connectivity index (χ2v) is 7.41. The number of pyridine rings is 1. The third kappa shape index (κ3) is 4.34. The van der Waals surface area contributed by atoms with Gasteiger partial charge in [-0.15, -0.1) is 0 Å². The Balaban J connectivity index is 1.94. The van der Waals surface area contributed by atoms with Crippen LogP contribution in [0.5, 0.6) is 5.75 Å². The number of hydrogen-bond donors (Lipinski definition) is 1. The third-order valence-electron chi connectivity index (χ3n) is 4.30. The Bertz CT molecular complexity index is 983. The molecule has 0 aliphatic carbocycles. The molecule has 1 amide bonds. The van der Waals surface area contributed by atoms with Crippen molar-refractivity contribution >= 4 is 34.6 Å². The Kier molecular flexibility index (Phi) is 5.26. The van der Waals surface area contributed by atoms with E-state index in [1.54, 1.807) is 13.3 Å². The molecule has 3 aromatic rings. The summed E-state index contributed by atoms with van der Waals surface area (Å²) < 4.78 is 5.19. The van der Waals surface area contributed by atoms with Crippen molar-refractivity contribution in [2.45, 2.75) is 20.8 Å². The van der Waals surface area contributed by atoms with Crippen LogP contribution in [0.15, 0.2) is 54.7 Å². The van der Waals surface area contributed by atoms with Crippen molar-refractivity contribution in [1.29, 1.82) is 0 Å². The summed E-state index contributed by atoms with van der Waals surface area (Å²) in [6.45, 7) is 5.68. The summed E-state index contributed by atoms with van der Waals surface area (Å²) in [7, 11) is 1.66. The molecule has 0 aliphatic rings. The molecule has 2 aromatic carbocycles. The lowest BCUT2D eigenvalue weighted by atomic mass is 9.95. The minimum absolute atomic E-state index is 0.0315. The van der Waals surface area contributed by atoms with E-state index in [-0.39, 0.29) is 5.91 Å². The summed E-state index contributed by atoms with van der Waals surface area (Å²) in [5.41, 5.74) is 3.17. The molecule has 0 spiro atoms. The quantitative estimate of drug-likeness (QED) is 0.634. The van der Waals surface area contributed by atoms with Crippen LogP contribution in [-0.4, -0.2) is 18.0 Å². The van der Waals surface area contributed by atoms with Crippen LogP contribution < -0.4 is 10.1 Å². The largest absolute Gasteiger partial charge is 0.497 e. The first-order valence-corrected chi connectivity index (χ1v) is 8.90. The number of rotatable bonds is 4. The van der Waals surface area contributed by atoms with Gasteiger partial charge in [-0.25, -0.2) is 0 Å². The normalized spacial score (nSPS) is 11.7. The smallest absolute Gasteiger partial charge is 0.229 e. The van der Waals surface area contributed by atoms with E-state index in [2.05, 4.69) is 22.5 Å². The lowest BCUT2D eigenvalue weighted by Crippen LogP contribution is -2.27. The van der Waals surface area contributed by atoms with Crippen LogP contribution in [0, 0.1) is 5.41 Å². The summed E-state index contributed by atoms with van der Waals surface area (Å²) in [4.78, 5) is 16.9. The molecule has 1 aromatic heterocycles. The Morgan fingerprint density at radius 3 is 2.44 bits per heavy atom. The third-order valence-corrected chi connectivity index (χ3v) is 4.30. The molecular weight excluding hydrogens is 336 g/mol. The van der Waals surface area contributed by atoms with Crippen LogP contribution in [-0.2, 0) is 4.79 Å². The van der Waals surface area contributed by atoms with Gasteiger partial charge < -0.3 is 10.1 Å². The number of nitrogens with zero attached hydrogens (tertiary/aromatic N) is 1. The van der Waals surface area contributed by atoms with Gasteiger partial charge in [-0.3, -0.25) is 9.78 Å². The molecule has 0 unspecified atom stereocenters. The summed E-state index contributed by atoms with van der Waals surface area (Å²) in [5.74, 6) is 0.803. The fourth-order valence-electron chi connectivity index (χ4n) is 2.65. The molecule has 4 nitrogen and oxygen atoms in total. The molecule has 0 saturated heterocycles. The van der Waals surface area contributed by atoms with Gasteiger partial charge in [0.2, 0.25) is 5.91 Å². The predicted octanol–water partition coefficient (Wildman–Crippen LogP) is 5.40. The maximum atomic E-state index is 12.4. The average Bonchev–Trinajstić information content (AvgIpc) is 2.67. The summed E-state index contributed by atoms with van der Waals surface area (Å²) in [6.07, 6.45) is 5.85. The van der Waals surface area contributed by atoms with E-state index in [0.29, 0.717) is 0 Å². The molecule has 138 valence electrons. The number of benzene rings is 2. The van der Waals surface area contributed by atoms with E-state index in [0.717, 1.165) is 33.5 Å². The molecule has 0 saturated carbocycles. The van der Waals surface area contributed by atoms with Gasteiger partial charge in [-0.1, -0.05) is 57.2 Å². The molecule has 0 aliphatic heterocycles. The zero-order chi connectivity index (χ0) is 19.4. The van der Waals surface area contributed by atoms with Crippen molar-refractivity contribution in [2.24, 2.45) is 5.41 Å². The Morgan fingerprint density at radius 1 is 1.04 bits per heavy atom. The highest BCUT2D eigenvalue weighted by atomic mass is 16.5. The number of methoxy groups -OCH3 is 1. The number of nitrogens with one attached hydrogen (secondary N) is 1. The van der Waals surface area contributed by atoms with Gasteiger partial charge in [-0.05, 0) is 35.4 Å². The molecule has 0 atom stereocenters. The first-order valence-electron chi connectivity index (χ1n) is 8.90. The number of amides is 1. The number of carbonyl (C=O) groups excluding carboxylic acids is 1. The van der Waals surface area contributed by atoms with E-state index in [1.165, 1.54) is 0 Å². The van der Waals surface area contributed by atoms with Crippen molar-refractivity contribution in [3.05, 3.63) is 65.9 Å². The van der Waals surface area contributed by atoms with E-state index >= 15 is 0 Å². The van der Waals surface area contributed by atoms with Crippen molar-refractivity contribution in [3.63, 3.8) is 0 Å². The molecule has 4 heteroatoms. The fraction of sp³-hybridized carbons (Fsp3) is 0.217. The predicted molar refractivity (Wildman–Crippen MR) is 112 cm³/mol. The topological polar surface area (TPSA) is 51.2 Å². The van der Waals surface area contributed by atoms with E-state index in [4.69, 9.17) is 4.74 Å². The van der Waals surface area contributed by atoms with Crippen LogP contribution in [0.1, 0.15) is 31.9 Å². The Labute approximate surface area is 159 Å². The van der Waals surface area contributed by atoms with E-state index < -0.39 is 5.41 Å². The van der Waals surface area contributed by atoms with E-state index in [1.807, 2.05) is 69.3 Å². The van der Waals surface area contributed by atoms with Gasteiger partial charge in [0.15, 0.2) is 0 Å². The highest BCUT2D eigenvalue weighted by Gasteiger charge is 2.22. The highest BCUT2D eigenvalue weighted by molar-refractivity contribution is 6.04. The molecule has 27 heavy (non-hydrogen) atoms. The van der Waals surface area contributed by atoms with Crippen molar-refractivity contribution in [2.75, 3.05) is 12.4 Å². The molecule has 3 rings (SSSR count). The van der Waals surface area contributed by atoms with Crippen molar-refractivity contribution in [1.82, 2.24) is 4.98 Å². The Morgan fingerprint density at radius 2 is 1.78 bits per heavy atom. The van der Waals surface area contributed by atoms with Gasteiger partial charge in [0.05, 0.1) is 18.3 Å². The van der Waals surface area contributed by atoms with Crippen LogP contribution in [0.25, 0.3) is 23.1 Å². The van der Waals surface area contributed by atoms with Crippen molar-refractivity contribution in [3.8, 4) is 5.75 Å². The summed E-state index contributed by atoms with van der Waals surface area (Å²) >= 11 is 0. The molecule has 1 N–H and O–H groups in total. The maximum Gasteiger partial charge on any atom is 0.229 e. The van der Waals surface area contributed by atoms with Gasteiger partial charge in [0, 0.05) is 17.0 Å². The average molecular weight is 360 g/mol. The lowest BCUT2D eigenvalue weighted by molar-refractivity contribution is -0.123. The number of anilines is 1. The number of hydrogen-bond acceptors (Lipinski definition) is 3. The maximum absolute atomic E-state index is 12.4. The minimum Gasteiger partial charge on any atom is -0.497 e. The zero-order valence-electron chi connectivity index (χ0n) is 16.1. The number of aromatic nitrogens is 1. The number of carbonyl (C=O) groups is 1.